The van der Waals surface area contributed by atoms with Crippen LogP contribution < -0.4 is 4.90 Å². The van der Waals surface area contributed by atoms with Gasteiger partial charge in [-0.05, 0) is 24.6 Å². The van der Waals surface area contributed by atoms with Crippen molar-refractivity contribution in [1.29, 1.82) is 0 Å². The van der Waals surface area contributed by atoms with Gasteiger partial charge in [0.2, 0.25) is 5.13 Å². The van der Waals surface area contributed by atoms with Crippen molar-refractivity contribution in [3.8, 4) is 0 Å². The lowest BCUT2D eigenvalue weighted by molar-refractivity contribution is 0.627. The van der Waals surface area contributed by atoms with Gasteiger partial charge in [0, 0.05) is 13.6 Å². The highest BCUT2D eigenvalue weighted by atomic mass is 32.1. The highest BCUT2D eigenvalue weighted by Crippen LogP contribution is 2.19. The summed E-state index contributed by atoms with van der Waals surface area (Å²) in [6.07, 6.45) is 0. The van der Waals surface area contributed by atoms with E-state index in [4.69, 9.17) is 0 Å². The van der Waals surface area contributed by atoms with Crippen molar-refractivity contribution in [2.75, 3.05) is 11.9 Å². The molecule has 0 fully saturated rings. The molecule has 2 rings (SSSR count). The molecule has 2 aromatic rings. The van der Waals surface area contributed by atoms with E-state index >= 15 is 0 Å². The summed E-state index contributed by atoms with van der Waals surface area (Å²) in [6, 6.07) is 6.49. The maximum absolute atomic E-state index is 12.7. The van der Waals surface area contributed by atoms with Crippen LogP contribution in [0.4, 0.5) is 9.52 Å². The van der Waals surface area contributed by atoms with E-state index < -0.39 is 0 Å². The summed E-state index contributed by atoms with van der Waals surface area (Å²) in [6.45, 7) is 2.63. The molecule has 0 saturated heterocycles. The van der Waals surface area contributed by atoms with Gasteiger partial charge in [0.05, 0.1) is 0 Å². The van der Waals surface area contributed by atoms with E-state index in [1.807, 2.05) is 18.9 Å². The number of anilines is 1. The van der Waals surface area contributed by atoms with Gasteiger partial charge in [0.1, 0.15) is 10.8 Å². The van der Waals surface area contributed by atoms with Crippen molar-refractivity contribution in [1.82, 2.24) is 10.2 Å². The van der Waals surface area contributed by atoms with Crippen LogP contribution in [0.25, 0.3) is 0 Å². The van der Waals surface area contributed by atoms with E-state index in [0.29, 0.717) is 6.54 Å². The quantitative estimate of drug-likeness (QED) is 0.821. The van der Waals surface area contributed by atoms with Crippen LogP contribution in [0.1, 0.15) is 10.6 Å². The first-order valence-electron chi connectivity index (χ1n) is 4.91. The highest BCUT2D eigenvalue weighted by molar-refractivity contribution is 7.15. The molecule has 16 heavy (non-hydrogen) atoms. The van der Waals surface area contributed by atoms with Crippen LogP contribution in [0.15, 0.2) is 24.3 Å². The molecule has 1 aromatic heterocycles. The molecule has 0 amide bonds. The zero-order chi connectivity index (χ0) is 11.5. The monoisotopic (exact) mass is 237 g/mol. The lowest BCUT2D eigenvalue weighted by Crippen LogP contribution is -2.16. The summed E-state index contributed by atoms with van der Waals surface area (Å²) >= 11 is 1.55. The minimum Gasteiger partial charge on any atom is -0.345 e. The fourth-order valence-electron chi connectivity index (χ4n) is 1.37. The molecule has 0 spiro atoms. The Morgan fingerprint density at radius 2 is 1.94 bits per heavy atom. The molecule has 0 aliphatic carbocycles. The average Bonchev–Trinajstić information content (AvgIpc) is 2.68. The number of hydrogen-bond donors (Lipinski definition) is 0. The number of benzene rings is 1. The molecule has 0 aliphatic heterocycles. The molecule has 0 bridgehead atoms. The van der Waals surface area contributed by atoms with Crippen LogP contribution >= 0.6 is 11.3 Å². The van der Waals surface area contributed by atoms with Gasteiger partial charge >= 0.3 is 0 Å². The summed E-state index contributed by atoms with van der Waals surface area (Å²) in [5, 5.41) is 9.83. The Morgan fingerprint density at radius 3 is 2.50 bits per heavy atom. The van der Waals surface area contributed by atoms with E-state index in [2.05, 4.69) is 10.2 Å². The zero-order valence-corrected chi connectivity index (χ0v) is 9.96. The second-order valence-electron chi connectivity index (χ2n) is 3.59. The predicted octanol–water partition coefficient (Wildman–Crippen LogP) is 2.62. The average molecular weight is 237 g/mol. The van der Waals surface area contributed by atoms with Crippen LogP contribution in [0, 0.1) is 12.7 Å². The van der Waals surface area contributed by atoms with Gasteiger partial charge in [0.15, 0.2) is 0 Å². The summed E-state index contributed by atoms with van der Waals surface area (Å²) in [5.41, 5.74) is 1.05. The summed E-state index contributed by atoms with van der Waals surface area (Å²) in [4.78, 5) is 2.00. The van der Waals surface area contributed by atoms with Crippen molar-refractivity contribution in [2.24, 2.45) is 0 Å². The number of halogens is 1. The molecule has 5 heteroatoms. The van der Waals surface area contributed by atoms with Crippen molar-refractivity contribution < 1.29 is 4.39 Å². The predicted molar refractivity (Wildman–Crippen MR) is 63.2 cm³/mol. The maximum atomic E-state index is 12.7. The van der Waals surface area contributed by atoms with Crippen LogP contribution in [0.2, 0.25) is 0 Å². The summed E-state index contributed by atoms with van der Waals surface area (Å²) in [7, 11) is 1.95. The molecule has 0 atom stereocenters. The first-order chi connectivity index (χ1) is 7.65. The first kappa shape index (κ1) is 11.0. The largest absolute Gasteiger partial charge is 0.345 e. The number of nitrogens with zero attached hydrogens (tertiary/aromatic N) is 3. The Morgan fingerprint density at radius 1 is 1.25 bits per heavy atom. The Hall–Kier alpha value is -1.49. The molecular weight excluding hydrogens is 225 g/mol. The number of rotatable bonds is 3. The number of aryl methyl sites for hydroxylation is 1. The van der Waals surface area contributed by atoms with Gasteiger partial charge in [-0.3, -0.25) is 0 Å². The molecule has 3 nitrogen and oxygen atoms in total. The Labute approximate surface area is 97.6 Å². The SMILES string of the molecule is Cc1nnc(N(C)Cc2ccc(F)cc2)s1. The van der Waals surface area contributed by atoms with Crippen molar-refractivity contribution in [2.45, 2.75) is 13.5 Å². The summed E-state index contributed by atoms with van der Waals surface area (Å²) in [5.74, 6) is -0.210. The maximum Gasteiger partial charge on any atom is 0.208 e. The van der Waals surface area contributed by atoms with E-state index in [1.54, 1.807) is 23.5 Å². The minimum atomic E-state index is -0.210. The smallest absolute Gasteiger partial charge is 0.208 e. The van der Waals surface area contributed by atoms with Crippen LogP contribution in [-0.4, -0.2) is 17.2 Å². The van der Waals surface area contributed by atoms with Crippen molar-refractivity contribution in [3.63, 3.8) is 0 Å². The first-order valence-corrected chi connectivity index (χ1v) is 5.72. The van der Waals surface area contributed by atoms with E-state index in [-0.39, 0.29) is 5.82 Å². The third-order valence-corrected chi connectivity index (χ3v) is 3.13. The fourth-order valence-corrected chi connectivity index (χ4v) is 2.02. The van der Waals surface area contributed by atoms with E-state index in [0.717, 1.165) is 15.7 Å². The molecular formula is C11H12FN3S. The fraction of sp³-hybridized carbons (Fsp3) is 0.273. The Balaban J connectivity index is 2.07. The van der Waals surface area contributed by atoms with Gasteiger partial charge in [-0.2, -0.15) is 0 Å². The van der Waals surface area contributed by atoms with E-state index in [9.17, 15) is 4.39 Å². The minimum absolute atomic E-state index is 0.210. The molecule has 0 radical (unpaired) electrons. The van der Waals surface area contributed by atoms with E-state index in [1.165, 1.54) is 12.1 Å². The van der Waals surface area contributed by atoms with Gasteiger partial charge in [-0.15, -0.1) is 10.2 Å². The van der Waals surface area contributed by atoms with Crippen molar-refractivity contribution >= 4 is 16.5 Å². The van der Waals surface area contributed by atoms with Crippen LogP contribution in [0.5, 0.6) is 0 Å². The van der Waals surface area contributed by atoms with Gasteiger partial charge in [0.25, 0.3) is 0 Å². The molecule has 0 saturated carbocycles. The molecule has 1 heterocycles. The highest BCUT2D eigenvalue weighted by Gasteiger charge is 2.07. The topological polar surface area (TPSA) is 29.0 Å². The third kappa shape index (κ3) is 2.55. The van der Waals surface area contributed by atoms with Crippen LogP contribution in [-0.2, 0) is 6.54 Å². The Bertz CT molecular complexity index is 466. The van der Waals surface area contributed by atoms with Gasteiger partial charge in [-0.25, -0.2) is 4.39 Å². The zero-order valence-electron chi connectivity index (χ0n) is 9.14. The third-order valence-electron chi connectivity index (χ3n) is 2.17. The number of aromatic nitrogens is 2. The molecule has 1 aromatic carbocycles. The Kier molecular flexibility index (Phi) is 3.14. The van der Waals surface area contributed by atoms with Crippen molar-refractivity contribution in [3.05, 3.63) is 40.7 Å². The summed E-state index contributed by atoms with van der Waals surface area (Å²) < 4.78 is 12.7. The van der Waals surface area contributed by atoms with Crippen LogP contribution in [0.3, 0.4) is 0 Å². The second kappa shape index (κ2) is 4.57. The molecule has 0 aliphatic rings. The molecule has 0 unspecified atom stereocenters. The lowest BCUT2D eigenvalue weighted by atomic mass is 10.2. The van der Waals surface area contributed by atoms with Gasteiger partial charge < -0.3 is 4.90 Å². The molecule has 84 valence electrons. The second-order valence-corrected chi connectivity index (χ2v) is 4.75. The molecule has 0 N–H and O–H groups in total. The number of hydrogen-bond acceptors (Lipinski definition) is 4. The normalized spacial score (nSPS) is 10.4. The lowest BCUT2D eigenvalue weighted by Gasteiger charge is -2.14. The van der Waals surface area contributed by atoms with Gasteiger partial charge in [-0.1, -0.05) is 23.5 Å². The standard InChI is InChI=1S/C11H12FN3S/c1-8-13-14-11(16-8)15(2)7-9-3-5-10(12)6-4-9/h3-6H,7H2,1-2H3.